The average molecular weight is 312 g/mol. The molecule has 0 aliphatic carbocycles. The van der Waals surface area contributed by atoms with E-state index in [-0.39, 0.29) is 5.82 Å². The monoisotopic (exact) mass is 311 g/mol. The molecule has 0 aliphatic rings. The van der Waals surface area contributed by atoms with Crippen molar-refractivity contribution in [1.82, 2.24) is 24.7 Å². The summed E-state index contributed by atoms with van der Waals surface area (Å²) in [6.07, 6.45) is 2.10. The lowest BCUT2D eigenvalue weighted by molar-refractivity contribution is 0.0587. The Morgan fingerprint density at radius 1 is 1.50 bits per heavy atom. The first-order valence-electron chi connectivity index (χ1n) is 5.18. The van der Waals surface area contributed by atoms with Crippen molar-refractivity contribution in [3.63, 3.8) is 0 Å². The standard InChI is InChI=1S/C10H10BrN5O2/c1-3-7-13-6(11)4-8(14-7)16-5-12-9(15-16)10(17)18-2/h4-5H,3H2,1-2H3. The number of esters is 1. The summed E-state index contributed by atoms with van der Waals surface area (Å²) >= 11 is 3.30. The predicted molar refractivity (Wildman–Crippen MR) is 65.4 cm³/mol. The fraction of sp³-hybridized carbons (Fsp3) is 0.300. The minimum absolute atomic E-state index is 0.00900. The zero-order valence-electron chi connectivity index (χ0n) is 9.79. The summed E-state index contributed by atoms with van der Waals surface area (Å²) in [5, 5.41) is 3.99. The number of methoxy groups -OCH3 is 1. The van der Waals surface area contributed by atoms with Crippen LogP contribution in [0.15, 0.2) is 17.0 Å². The predicted octanol–water partition coefficient (Wildman–Crippen LogP) is 1.17. The largest absolute Gasteiger partial charge is 0.463 e. The molecule has 0 spiro atoms. The lowest BCUT2D eigenvalue weighted by Crippen LogP contribution is -2.07. The molecule has 18 heavy (non-hydrogen) atoms. The van der Waals surface area contributed by atoms with Gasteiger partial charge in [-0.15, -0.1) is 5.10 Å². The Balaban J connectivity index is 2.39. The zero-order chi connectivity index (χ0) is 13.1. The first-order valence-corrected chi connectivity index (χ1v) is 5.97. The van der Waals surface area contributed by atoms with Gasteiger partial charge in [0.05, 0.1) is 7.11 Å². The molecule has 7 nitrogen and oxygen atoms in total. The van der Waals surface area contributed by atoms with Gasteiger partial charge in [0.2, 0.25) is 0 Å². The number of aromatic nitrogens is 5. The average Bonchev–Trinajstić information content (AvgIpc) is 2.86. The van der Waals surface area contributed by atoms with E-state index in [1.54, 1.807) is 6.07 Å². The number of nitrogens with zero attached hydrogens (tertiary/aromatic N) is 5. The van der Waals surface area contributed by atoms with Crippen molar-refractivity contribution >= 4 is 21.9 Å². The van der Waals surface area contributed by atoms with Gasteiger partial charge < -0.3 is 4.74 Å². The summed E-state index contributed by atoms with van der Waals surface area (Å²) in [6, 6.07) is 1.69. The highest BCUT2D eigenvalue weighted by molar-refractivity contribution is 9.10. The molecule has 2 aromatic heterocycles. The van der Waals surface area contributed by atoms with Gasteiger partial charge in [-0.05, 0) is 15.9 Å². The molecule has 0 bridgehead atoms. The molecule has 0 saturated carbocycles. The van der Waals surface area contributed by atoms with Gasteiger partial charge in [-0.25, -0.2) is 24.4 Å². The molecule has 2 rings (SSSR count). The van der Waals surface area contributed by atoms with Crippen molar-refractivity contribution in [2.24, 2.45) is 0 Å². The first-order chi connectivity index (χ1) is 8.63. The van der Waals surface area contributed by atoms with E-state index in [1.165, 1.54) is 18.1 Å². The van der Waals surface area contributed by atoms with Gasteiger partial charge in [0.15, 0.2) is 5.82 Å². The molecule has 0 radical (unpaired) electrons. The number of carbonyl (C=O) groups excluding carboxylic acids is 1. The van der Waals surface area contributed by atoms with E-state index < -0.39 is 5.97 Å². The van der Waals surface area contributed by atoms with Crippen LogP contribution in [0, 0.1) is 0 Å². The highest BCUT2D eigenvalue weighted by Gasteiger charge is 2.13. The van der Waals surface area contributed by atoms with Crippen LogP contribution in [0.2, 0.25) is 0 Å². The molecule has 0 aromatic carbocycles. The lowest BCUT2D eigenvalue weighted by atomic mass is 10.4. The van der Waals surface area contributed by atoms with Crippen molar-refractivity contribution in [1.29, 1.82) is 0 Å². The van der Waals surface area contributed by atoms with Crippen LogP contribution in [0.25, 0.3) is 5.82 Å². The van der Waals surface area contributed by atoms with Crippen LogP contribution in [-0.4, -0.2) is 37.8 Å². The van der Waals surface area contributed by atoms with Crippen molar-refractivity contribution in [3.8, 4) is 5.82 Å². The van der Waals surface area contributed by atoms with Crippen LogP contribution < -0.4 is 0 Å². The number of halogens is 1. The molecule has 0 saturated heterocycles. The summed E-state index contributed by atoms with van der Waals surface area (Å²) in [6.45, 7) is 1.95. The Morgan fingerprint density at radius 3 is 2.94 bits per heavy atom. The molecule has 0 N–H and O–H groups in total. The topological polar surface area (TPSA) is 82.8 Å². The van der Waals surface area contributed by atoms with E-state index >= 15 is 0 Å². The van der Waals surface area contributed by atoms with Crippen LogP contribution in [-0.2, 0) is 11.2 Å². The number of rotatable bonds is 3. The molecule has 8 heteroatoms. The fourth-order valence-electron chi connectivity index (χ4n) is 1.29. The van der Waals surface area contributed by atoms with Gasteiger partial charge in [0, 0.05) is 12.5 Å². The molecular weight excluding hydrogens is 302 g/mol. The lowest BCUT2D eigenvalue weighted by Gasteiger charge is -2.02. The number of ether oxygens (including phenoxy) is 1. The molecule has 0 amide bonds. The van der Waals surface area contributed by atoms with Gasteiger partial charge in [0.25, 0.3) is 5.82 Å². The quantitative estimate of drug-likeness (QED) is 0.625. The zero-order valence-corrected chi connectivity index (χ0v) is 11.4. The SMILES string of the molecule is CCc1nc(Br)cc(-n2cnc(C(=O)OC)n2)n1. The molecule has 94 valence electrons. The molecule has 0 unspecified atom stereocenters. The maximum absolute atomic E-state index is 11.2. The van der Waals surface area contributed by atoms with Crippen LogP contribution in [0.1, 0.15) is 23.4 Å². The number of aryl methyl sites for hydroxylation is 1. The Labute approximate surface area is 111 Å². The summed E-state index contributed by atoms with van der Waals surface area (Å²) in [5.74, 6) is 0.619. The Morgan fingerprint density at radius 2 is 2.28 bits per heavy atom. The van der Waals surface area contributed by atoms with E-state index in [4.69, 9.17) is 0 Å². The van der Waals surface area contributed by atoms with E-state index in [9.17, 15) is 4.79 Å². The smallest absolute Gasteiger partial charge is 0.377 e. The fourth-order valence-corrected chi connectivity index (χ4v) is 1.69. The van der Waals surface area contributed by atoms with E-state index in [0.29, 0.717) is 22.7 Å². The molecule has 0 atom stereocenters. The third kappa shape index (κ3) is 2.53. The molecule has 2 heterocycles. The van der Waals surface area contributed by atoms with Crippen LogP contribution in [0.5, 0.6) is 0 Å². The van der Waals surface area contributed by atoms with Crippen LogP contribution >= 0.6 is 15.9 Å². The highest BCUT2D eigenvalue weighted by Crippen LogP contribution is 2.11. The Kier molecular flexibility index (Phi) is 3.66. The van der Waals surface area contributed by atoms with Crippen molar-refractivity contribution in [3.05, 3.63) is 28.6 Å². The second-order valence-electron chi connectivity index (χ2n) is 3.32. The summed E-state index contributed by atoms with van der Waals surface area (Å²) in [5.41, 5.74) is 0. The van der Waals surface area contributed by atoms with Gasteiger partial charge in [-0.3, -0.25) is 0 Å². The minimum atomic E-state index is -0.586. The first kappa shape index (κ1) is 12.6. The minimum Gasteiger partial charge on any atom is -0.463 e. The van der Waals surface area contributed by atoms with E-state index in [0.717, 1.165) is 0 Å². The van der Waals surface area contributed by atoms with Crippen molar-refractivity contribution in [2.75, 3.05) is 7.11 Å². The van der Waals surface area contributed by atoms with Crippen molar-refractivity contribution < 1.29 is 9.53 Å². The molecule has 0 fully saturated rings. The molecule has 0 aliphatic heterocycles. The number of carbonyl (C=O) groups is 1. The molecular formula is C10H10BrN5O2. The normalized spacial score (nSPS) is 10.4. The maximum Gasteiger partial charge on any atom is 0.377 e. The van der Waals surface area contributed by atoms with Gasteiger partial charge in [-0.1, -0.05) is 6.92 Å². The van der Waals surface area contributed by atoms with Gasteiger partial charge in [0.1, 0.15) is 16.8 Å². The number of hydrogen-bond acceptors (Lipinski definition) is 6. The second kappa shape index (κ2) is 5.21. The summed E-state index contributed by atoms with van der Waals surface area (Å²) in [7, 11) is 1.28. The van der Waals surface area contributed by atoms with Crippen molar-refractivity contribution in [2.45, 2.75) is 13.3 Å². The summed E-state index contributed by atoms with van der Waals surface area (Å²) < 4.78 is 6.59. The number of hydrogen-bond donors (Lipinski definition) is 0. The van der Waals surface area contributed by atoms with E-state index in [1.807, 2.05) is 6.92 Å². The van der Waals surface area contributed by atoms with Gasteiger partial charge >= 0.3 is 5.97 Å². The van der Waals surface area contributed by atoms with Crippen LogP contribution in [0.4, 0.5) is 0 Å². The van der Waals surface area contributed by atoms with E-state index in [2.05, 4.69) is 40.7 Å². The third-order valence-electron chi connectivity index (χ3n) is 2.14. The summed E-state index contributed by atoms with van der Waals surface area (Å²) in [4.78, 5) is 23.6. The Hall–Kier alpha value is -1.83. The maximum atomic E-state index is 11.2. The second-order valence-corrected chi connectivity index (χ2v) is 4.14. The van der Waals surface area contributed by atoms with Gasteiger partial charge in [-0.2, -0.15) is 0 Å². The molecule has 2 aromatic rings. The third-order valence-corrected chi connectivity index (χ3v) is 2.54. The Bertz CT molecular complexity index is 583. The highest BCUT2D eigenvalue weighted by atomic mass is 79.9. The van der Waals surface area contributed by atoms with Crippen LogP contribution in [0.3, 0.4) is 0 Å².